The lowest BCUT2D eigenvalue weighted by Crippen LogP contribution is -2.64. The number of carbonyl (C=O) groups is 1. The smallest absolute Gasteiger partial charge is 0.379 e. The molecule has 1 aliphatic heterocycles. The normalized spacial score (nSPS) is 28.9. The van der Waals surface area contributed by atoms with E-state index in [9.17, 15) is 18.0 Å². The van der Waals surface area contributed by atoms with Crippen LogP contribution in [0.25, 0.3) is 0 Å². The first-order valence-corrected chi connectivity index (χ1v) is 5.79. The van der Waals surface area contributed by atoms with Crippen molar-refractivity contribution in [3.63, 3.8) is 0 Å². The molecular weight excluding hydrogens is 249 g/mol. The van der Waals surface area contributed by atoms with Crippen molar-refractivity contribution in [1.29, 1.82) is 0 Å². The number of likely N-dealkylation sites (tertiary alicyclic amines) is 1. The molecule has 0 saturated carbocycles. The highest BCUT2D eigenvalue weighted by molar-refractivity contribution is 5.86. The Labute approximate surface area is 104 Å². The zero-order chi connectivity index (χ0) is 14.1. The molecule has 3 atom stereocenters. The van der Waals surface area contributed by atoms with Crippen molar-refractivity contribution in [2.24, 2.45) is 11.7 Å². The minimum absolute atomic E-state index is 0.152. The topological polar surface area (TPSA) is 55.6 Å². The average molecular weight is 268 g/mol. The second-order valence-electron chi connectivity index (χ2n) is 4.99. The summed E-state index contributed by atoms with van der Waals surface area (Å²) in [5.41, 5.74) is 2.29. The van der Waals surface area contributed by atoms with Gasteiger partial charge in [0.15, 0.2) is 5.54 Å². The molecule has 0 radical (unpaired) electrons. The number of carbonyl (C=O) groups excluding carboxylic acids is 1. The molecule has 4 nitrogen and oxygen atoms in total. The molecule has 1 fully saturated rings. The van der Waals surface area contributed by atoms with E-state index >= 15 is 0 Å². The number of hydrogen-bond acceptors (Lipinski definition) is 3. The molecule has 0 aromatic carbocycles. The largest absolute Gasteiger partial charge is 0.415 e. The van der Waals surface area contributed by atoms with Crippen molar-refractivity contribution < 1.29 is 22.7 Å². The summed E-state index contributed by atoms with van der Waals surface area (Å²) in [4.78, 5) is 13.0. The maximum absolute atomic E-state index is 12.7. The van der Waals surface area contributed by atoms with Gasteiger partial charge in [-0.25, -0.2) is 0 Å². The van der Waals surface area contributed by atoms with Crippen molar-refractivity contribution in [3.05, 3.63) is 0 Å². The summed E-state index contributed by atoms with van der Waals surface area (Å²) >= 11 is 0. The lowest BCUT2D eigenvalue weighted by Gasteiger charge is -2.40. The van der Waals surface area contributed by atoms with Crippen LogP contribution < -0.4 is 5.73 Å². The fourth-order valence-electron chi connectivity index (χ4n) is 1.97. The van der Waals surface area contributed by atoms with Crippen LogP contribution >= 0.6 is 0 Å². The van der Waals surface area contributed by atoms with E-state index in [4.69, 9.17) is 10.5 Å². The van der Waals surface area contributed by atoms with Crippen molar-refractivity contribution in [1.82, 2.24) is 4.90 Å². The first-order chi connectivity index (χ1) is 8.11. The third-order valence-electron chi connectivity index (χ3n) is 3.51. The van der Waals surface area contributed by atoms with Gasteiger partial charge in [0.05, 0.1) is 6.10 Å². The van der Waals surface area contributed by atoms with Crippen LogP contribution in [0.3, 0.4) is 0 Å². The monoisotopic (exact) mass is 268 g/mol. The molecular formula is C11H19F3N2O2. The highest BCUT2D eigenvalue weighted by Crippen LogP contribution is 2.31. The Balaban J connectivity index is 2.80. The van der Waals surface area contributed by atoms with Gasteiger partial charge >= 0.3 is 6.18 Å². The Bertz CT molecular complexity index is 318. The van der Waals surface area contributed by atoms with Crippen molar-refractivity contribution in [3.8, 4) is 0 Å². The molecule has 0 aromatic heterocycles. The number of hydrogen-bond donors (Lipinski definition) is 1. The van der Waals surface area contributed by atoms with Crippen LogP contribution in [0.5, 0.6) is 0 Å². The fourth-order valence-corrected chi connectivity index (χ4v) is 1.97. The first-order valence-electron chi connectivity index (χ1n) is 5.79. The third kappa shape index (κ3) is 2.77. The maximum Gasteiger partial charge on any atom is 0.415 e. The first kappa shape index (κ1) is 15.2. The van der Waals surface area contributed by atoms with Crippen LogP contribution in [0.4, 0.5) is 13.2 Å². The Morgan fingerprint density at radius 1 is 1.44 bits per heavy atom. The summed E-state index contributed by atoms with van der Waals surface area (Å²) in [5.74, 6) is -0.877. The van der Waals surface area contributed by atoms with Crippen LogP contribution in [0, 0.1) is 5.92 Å². The zero-order valence-corrected chi connectivity index (χ0v) is 10.8. The zero-order valence-electron chi connectivity index (χ0n) is 10.8. The van der Waals surface area contributed by atoms with E-state index in [-0.39, 0.29) is 25.1 Å². The molecule has 1 rings (SSSR count). The Hall–Kier alpha value is -0.820. The number of amides is 1. The summed E-state index contributed by atoms with van der Waals surface area (Å²) in [5, 5.41) is 0. The molecule has 0 aromatic rings. The molecule has 7 heteroatoms. The van der Waals surface area contributed by atoms with Gasteiger partial charge in [0.25, 0.3) is 5.91 Å². The Morgan fingerprint density at radius 3 is 2.44 bits per heavy atom. The van der Waals surface area contributed by atoms with Gasteiger partial charge in [-0.3, -0.25) is 4.79 Å². The predicted molar refractivity (Wildman–Crippen MR) is 59.8 cm³/mol. The number of alkyl halides is 3. The maximum atomic E-state index is 12.7. The van der Waals surface area contributed by atoms with E-state index in [0.717, 1.165) is 4.90 Å². The minimum atomic E-state index is -4.75. The number of halogens is 3. The van der Waals surface area contributed by atoms with Crippen molar-refractivity contribution in [2.75, 3.05) is 20.2 Å². The summed E-state index contributed by atoms with van der Waals surface area (Å²) < 4.78 is 43.2. The Morgan fingerprint density at radius 2 is 2.00 bits per heavy atom. The van der Waals surface area contributed by atoms with Gasteiger partial charge in [-0.2, -0.15) is 13.2 Å². The number of methoxy groups -OCH3 is 1. The molecule has 18 heavy (non-hydrogen) atoms. The summed E-state index contributed by atoms with van der Waals surface area (Å²) in [6.45, 7) is 3.08. The summed E-state index contributed by atoms with van der Waals surface area (Å²) in [6, 6.07) is 0. The second kappa shape index (κ2) is 5.05. The number of rotatable bonds is 2. The average Bonchev–Trinajstić information content (AvgIpc) is 2.27. The van der Waals surface area contributed by atoms with Crippen LogP contribution in [-0.4, -0.2) is 48.8 Å². The molecule has 106 valence electrons. The number of nitrogens with two attached hydrogens (primary N) is 1. The van der Waals surface area contributed by atoms with Crippen LogP contribution in [0.2, 0.25) is 0 Å². The van der Waals surface area contributed by atoms with Crippen LogP contribution in [-0.2, 0) is 9.53 Å². The molecule has 1 amide bonds. The highest BCUT2D eigenvalue weighted by atomic mass is 19.4. The van der Waals surface area contributed by atoms with Crippen molar-refractivity contribution >= 4 is 5.91 Å². The van der Waals surface area contributed by atoms with E-state index in [0.29, 0.717) is 13.3 Å². The standard InChI is InChI=1S/C11H19F3N2O2/c1-7-4-5-16(6-8(7)18-3)9(17)10(2,15)11(12,13)14/h7-8H,4-6,15H2,1-3H3. The van der Waals surface area contributed by atoms with E-state index < -0.39 is 17.6 Å². The highest BCUT2D eigenvalue weighted by Gasteiger charge is 2.55. The molecule has 1 saturated heterocycles. The molecule has 1 aliphatic rings. The van der Waals surface area contributed by atoms with Crippen LogP contribution in [0.1, 0.15) is 20.3 Å². The molecule has 1 heterocycles. The van der Waals surface area contributed by atoms with Crippen molar-refractivity contribution in [2.45, 2.75) is 38.1 Å². The van der Waals surface area contributed by atoms with E-state index in [1.54, 1.807) is 0 Å². The minimum Gasteiger partial charge on any atom is -0.379 e. The van der Waals surface area contributed by atoms with E-state index in [2.05, 4.69) is 0 Å². The molecule has 2 N–H and O–H groups in total. The van der Waals surface area contributed by atoms with Gasteiger partial charge in [-0.05, 0) is 19.3 Å². The molecule has 0 bridgehead atoms. The molecule has 0 aliphatic carbocycles. The predicted octanol–water partition coefficient (Wildman–Crippen LogP) is 1.15. The number of piperidine rings is 1. The third-order valence-corrected chi connectivity index (χ3v) is 3.51. The van der Waals surface area contributed by atoms with E-state index in [1.807, 2.05) is 6.92 Å². The van der Waals surface area contributed by atoms with Gasteiger partial charge in [-0.15, -0.1) is 0 Å². The quantitative estimate of drug-likeness (QED) is 0.817. The fraction of sp³-hybridized carbons (Fsp3) is 0.909. The number of ether oxygens (including phenoxy) is 1. The Kier molecular flexibility index (Phi) is 4.27. The van der Waals surface area contributed by atoms with Gasteiger partial charge in [-0.1, -0.05) is 6.92 Å². The SMILES string of the molecule is COC1CN(C(=O)C(C)(N)C(F)(F)F)CCC1C. The second-order valence-corrected chi connectivity index (χ2v) is 4.99. The molecule has 3 unspecified atom stereocenters. The van der Waals surface area contributed by atoms with Gasteiger partial charge in [0.1, 0.15) is 0 Å². The van der Waals surface area contributed by atoms with Crippen LogP contribution in [0.15, 0.2) is 0 Å². The van der Waals surface area contributed by atoms with Gasteiger partial charge < -0.3 is 15.4 Å². The van der Waals surface area contributed by atoms with Gasteiger partial charge in [0, 0.05) is 20.2 Å². The lowest BCUT2D eigenvalue weighted by molar-refractivity contribution is -0.195. The lowest BCUT2D eigenvalue weighted by atomic mass is 9.93. The van der Waals surface area contributed by atoms with Gasteiger partial charge in [0.2, 0.25) is 0 Å². The van der Waals surface area contributed by atoms with E-state index in [1.165, 1.54) is 7.11 Å². The summed E-state index contributed by atoms with van der Waals surface area (Å²) in [7, 11) is 1.49. The summed E-state index contributed by atoms with van der Waals surface area (Å²) in [6.07, 6.45) is -4.39. The number of nitrogens with zero attached hydrogens (tertiary/aromatic N) is 1. The molecule has 0 spiro atoms.